The van der Waals surface area contributed by atoms with E-state index in [2.05, 4.69) is 0 Å². The number of rotatable bonds is 5. The number of ketones is 1. The van der Waals surface area contributed by atoms with E-state index < -0.39 is 24.4 Å². The van der Waals surface area contributed by atoms with Gasteiger partial charge < -0.3 is 0 Å². The highest BCUT2D eigenvalue weighted by Crippen LogP contribution is 2.22. The van der Waals surface area contributed by atoms with E-state index in [1.54, 1.807) is 30.3 Å². The van der Waals surface area contributed by atoms with Crippen molar-refractivity contribution in [2.45, 2.75) is 20.4 Å². The minimum atomic E-state index is -0.959. The molecule has 1 saturated heterocycles. The topological polar surface area (TPSA) is 74.8 Å². The first kappa shape index (κ1) is 17.0. The Morgan fingerprint density at radius 2 is 1.64 bits per heavy atom. The summed E-state index contributed by atoms with van der Waals surface area (Å²) in [6.45, 7) is 3.27. The lowest BCUT2D eigenvalue weighted by Gasteiger charge is -2.15. The number of Topliss-reactive ketones (excluding diaryl/α,β-unsaturated/α-hetero) is 1. The van der Waals surface area contributed by atoms with Gasteiger partial charge in [0, 0.05) is 15.3 Å². The van der Waals surface area contributed by atoms with Crippen LogP contribution < -0.4 is 0 Å². The molecule has 25 heavy (non-hydrogen) atoms. The summed E-state index contributed by atoms with van der Waals surface area (Å²) < 4.78 is 0. The molecule has 0 N–H and O–H groups in total. The van der Waals surface area contributed by atoms with E-state index >= 15 is 0 Å². The molecule has 0 aliphatic carbocycles. The average Bonchev–Trinajstić information content (AvgIpc) is 3.02. The van der Waals surface area contributed by atoms with Gasteiger partial charge in [-0.1, -0.05) is 30.3 Å². The van der Waals surface area contributed by atoms with Crippen LogP contribution in [0.4, 0.5) is 4.79 Å². The highest BCUT2D eigenvalue weighted by atomic mass is 32.1. The fraction of sp³-hybridized carbons (Fsp3) is 0.222. The van der Waals surface area contributed by atoms with Crippen LogP contribution >= 0.6 is 11.3 Å². The molecule has 0 saturated carbocycles. The third-order valence-corrected chi connectivity index (χ3v) is 4.93. The first-order valence-corrected chi connectivity index (χ1v) is 8.51. The van der Waals surface area contributed by atoms with Gasteiger partial charge in [-0.2, -0.15) is 0 Å². The van der Waals surface area contributed by atoms with Crippen LogP contribution in [0, 0.1) is 13.8 Å². The molecule has 2 heterocycles. The summed E-state index contributed by atoms with van der Waals surface area (Å²) in [7, 11) is 0. The highest BCUT2D eigenvalue weighted by molar-refractivity contribution is 7.12. The van der Waals surface area contributed by atoms with Crippen molar-refractivity contribution in [3.63, 3.8) is 0 Å². The first-order chi connectivity index (χ1) is 11.9. The predicted molar refractivity (Wildman–Crippen MR) is 92.2 cm³/mol. The monoisotopic (exact) mass is 356 g/mol. The van der Waals surface area contributed by atoms with E-state index in [0.29, 0.717) is 5.56 Å². The van der Waals surface area contributed by atoms with Crippen LogP contribution in [0.25, 0.3) is 0 Å². The van der Waals surface area contributed by atoms with Gasteiger partial charge in [-0.3, -0.25) is 19.3 Å². The summed E-state index contributed by atoms with van der Waals surface area (Å²) in [5.74, 6) is -2.21. The van der Waals surface area contributed by atoms with Crippen molar-refractivity contribution in [1.29, 1.82) is 0 Å². The summed E-state index contributed by atoms with van der Waals surface area (Å²) in [5.41, 5.74) is 1.21. The maximum atomic E-state index is 12.4. The molecule has 2 aromatic rings. The Morgan fingerprint density at radius 3 is 2.24 bits per heavy atom. The Hall–Kier alpha value is -2.80. The molecule has 128 valence electrons. The van der Waals surface area contributed by atoms with Crippen LogP contribution in [0.3, 0.4) is 0 Å². The smallest absolute Gasteiger partial charge is 0.292 e. The number of carbonyl (C=O) groups is 4. The first-order valence-electron chi connectivity index (χ1n) is 7.70. The van der Waals surface area contributed by atoms with Gasteiger partial charge in [0.05, 0.1) is 13.1 Å². The highest BCUT2D eigenvalue weighted by Gasteiger charge is 2.45. The number of imide groups is 2. The fourth-order valence-electron chi connectivity index (χ4n) is 2.73. The van der Waals surface area contributed by atoms with Gasteiger partial charge in [0.15, 0.2) is 5.78 Å². The summed E-state index contributed by atoms with van der Waals surface area (Å²) >= 11 is 1.47. The van der Waals surface area contributed by atoms with Crippen molar-refractivity contribution < 1.29 is 19.2 Å². The Kier molecular flexibility index (Phi) is 4.50. The third kappa shape index (κ3) is 3.23. The fourth-order valence-corrected chi connectivity index (χ4v) is 3.67. The molecular weight excluding hydrogens is 340 g/mol. The predicted octanol–water partition coefficient (Wildman–Crippen LogP) is 2.54. The maximum Gasteiger partial charge on any atom is 0.334 e. The maximum absolute atomic E-state index is 12.4. The Labute approximate surface area is 148 Å². The largest absolute Gasteiger partial charge is 0.334 e. The summed E-state index contributed by atoms with van der Waals surface area (Å²) in [6, 6.07) is 9.88. The van der Waals surface area contributed by atoms with Crippen LogP contribution in [0.2, 0.25) is 0 Å². The zero-order valence-corrected chi connectivity index (χ0v) is 14.6. The van der Waals surface area contributed by atoms with Crippen LogP contribution in [0.1, 0.15) is 25.7 Å². The van der Waals surface area contributed by atoms with Gasteiger partial charge in [-0.25, -0.2) is 9.69 Å². The van der Waals surface area contributed by atoms with Crippen molar-refractivity contribution in [3.05, 3.63) is 57.3 Å². The molecule has 4 amide bonds. The molecular formula is C18H16N2O4S. The number of benzene rings is 1. The van der Waals surface area contributed by atoms with Crippen molar-refractivity contribution in [2.24, 2.45) is 0 Å². The number of carbonyl (C=O) groups excluding carboxylic acids is 4. The van der Waals surface area contributed by atoms with Crippen LogP contribution in [-0.2, 0) is 16.1 Å². The Bertz CT molecular complexity index is 872. The molecule has 1 aliphatic heterocycles. The van der Waals surface area contributed by atoms with Gasteiger partial charge in [-0.15, -0.1) is 11.3 Å². The number of nitrogens with zero attached hydrogens (tertiary/aromatic N) is 2. The van der Waals surface area contributed by atoms with E-state index in [4.69, 9.17) is 0 Å². The molecule has 0 radical (unpaired) electrons. The lowest BCUT2D eigenvalue weighted by molar-refractivity contribution is -0.143. The molecule has 0 bridgehead atoms. The van der Waals surface area contributed by atoms with Crippen molar-refractivity contribution in [3.8, 4) is 0 Å². The molecule has 1 fully saturated rings. The van der Waals surface area contributed by atoms with Gasteiger partial charge >= 0.3 is 17.8 Å². The Morgan fingerprint density at radius 1 is 1.00 bits per heavy atom. The number of hydrogen-bond acceptors (Lipinski definition) is 5. The number of aryl methyl sites for hydroxylation is 2. The van der Waals surface area contributed by atoms with E-state index in [1.165, 1.54) is 11.3 Å². The van der Waals surface area contributed by atoms with Crippen molar-refractivity contribution >= 4 is 35.0 Å². The molecule has 1 aliphatic rings. The van der Waals surface area contributed by atoms with Crippen LogP contribution in [-0.4, -0.2) is 40.0 Å². The minimum absolute atomic E-state index is 0.00548. The molecule has 7 heteroatoms. The van der Waals surface area contributed by atoms with E-state index in [0.717, 1.165) is 25.1 Å². The van der Waals surface area contributed by atoms with E-state index in [1.807, 2.05) is 19.9 Å². The second-order valence-corrected chi connectivity index (χ2v) is 7.26. The number of urea groups is 1. The number of amides is 4. The Balaban J connectivity index is 1.77. The molecule has 6 nitrogen and oxygen atoms in total. The zero-order valence-electron chi connectivity index (χ0n) is 13.8. The second-order valence-electron chi connectivity index (χ2n) is 5.80. The normalized spacial score (nSPS) is 14.6. The van der Waals surface area contributed by atoms with Crippen molar-refractivity contribution in [1.82, 2.24) is 9.80 Å². The summed E-state index contributed by atoms with van der Waals surface area (Å²) in [5, 5.41) is 0. The molecule has 0 atom stereocenters. The molecule has 0 unspecified atom stereocenters. The van der Waals surface area contributed by atoms with Gasteiger partial charge in [0.25, 0.3) is 0 Å². The van der Waals surface area contributed by atoms with E-state index in [-0.39, 0.29) is 12.3 Å². The van der Waals surface area contributed by atoms with Crippen molar-refractivity contribution in [2.75, 3.05) is 6.54 Å². The molecule has 1 aromatic carbocycles. The lowest BCUT2D eigenvalue weighted by Crippen LogP contribution is -2.36. The number of hydrogen-bond donors (Lipinski definition) is 0. The molecule has 1 aromatic heterocycles. The second kappa shape index (κ2) is 6.60. The van der Waals surface area contributed by atoms with Gasteiger partial charge in [0.1, 0.15) is 0 Å². The number of thiophene rings is 1. The van der Waals surface area contributed by atoms with Crippen LogP contribution in [0.15, 0.2) is 36.4 Å². The van der Waals surface area contributed by atoms with Gasteiger partial charge in [-0.05, 0) is 25.5 Å². The molecule has 0 spiro atoms. The standard InChI is InChI=1S/C18H16N2O4S/c1-11-8-14(12(2)25-11)15(21)10-20-17(23)16(22)19(18(20)24)9-13-6-4-3-5-7-13/h3-8H,9-10H2,1-2H3. The molecule has 3 rings (SSSR count). The minimum Gasteiger partial charge on any atom is -0.292 e. The van der Waals surface area contributed by atoms with Crippen LogP contribution in [0.5, 0.6) is 0 Å². The zero-order chi connectivity index (χ0) is 18.1. The SMILES string of the molecule is Cc1cc(C(=O)CN2C(=O)C(=O)N(Cc3ccccc3)C2=O)c(C)s1. The van der Waals surface area contributed by atoms with Gasteiger partial charge in [0.2, 0.25) is 0 Å². The quantitative estimate of drug-likeness (QED) is 0.469. The summed E-state index contributed by atoms with van der Waals surface area (Å²) in [6.07, 6.45) is 0. The van der Waals surface area contributed by atoms with E-state index in [9.17, 15) is 19.2 Å². The average molecular weight is 356 g/mol. The summed E-state index contributed by atoms with van der Waals surface area (Å²) in [4.78, 5) is 52.5. The lowest BCUT2D eigenvalue weighted by atomic mass is 10.1. The third-order valence-electron chi connectivity index (χ3n) is 3.96.